The van der Waals surface area contributed by atoms with E-state index in [1.165, 1.54) is 12.1 Å². The summed E-state index contributed by atoms with van der Waals surface area (Å²) in [5.74, 6) is 1.41. The van der Waals surface area contributed by atoms with Crippen LogP contribution >= 0.6 is 0 Å². The molecule has 4 rings (SSSR count). The highest BCUT2D eigenvalue weighted by molar-refractivity contribution is 5.91. The minimum absolute atomic E-state index is 0.0876. The number of aryl methyl sites for hydroxylation is 1. The molecule has 1 amide bonds. The van der Waals surface area contributed by atoms with Crippen molar-refractivity contribution in [2.24, 2.45) is 0 Å². The van der Waals surface area contributed by atoms with Crippen molar-refractivity contribution in [2.45, 2.75) is 25.8 Å². The van der Waals surface area contributed by atoms with Gasteiger partial charge < -0.3 is 14.4 Å². The number of benzene rings is 2. The first-order valence-corrected chi connectivity index (χ1v) is 9.74. The second-order valence-electron chi connectivity index (χ2n) is 7.14. The average molecular weight is 410 g/mol. The van der Waals surface area contributed by atoms with E-state index in [0.717, 1.165) is 18.4 Å². The van der Waals surface area contributed by atoms with Crippen LogP contribution in [-0.2, 0) is 0 Å². The number of likely N-dealkylation sites (tertiary alicyclic amines) is 1. The maximum absolute atomic E-state index is 13.2. The van der Waals surface area contributed by atoms with Crippen LogP contribution in [-0.4, -0.2) is 46.3 Å². The lowest BCUT2D eigenvalue weighted by atomic mass is 10.0. The van der Waals surface area contributed by atoms with Gasteiger partial charge in [-0.25, -0.2) is 14.1 Å². The number of carbonyl (C=O) groups is 1. The van der Waals surface area contributed by atoms with Crippen LogP contribution in [0.25, 0.3) is 5.69 Å². The molecule has 0 N–H and O–H groups in total. The molecule has 0 radical (unpaired) electrons. The fourth-order valence-electron chi connectivity index (χ4n) is 3.85. The van der Waals surface area contributed by atoms with Crippen molar-refractivity contribution in [3.63, 3.8) is 0 Å². The molecule has 0 unspecified atom stereocenters. The van der Waals surface area contributed by atoms with Gasteiger partial charge in [0, 0.05) is 6.54 Å². The average Bonchev–Trinajstić information content (AvgIpc) is 3.40. The highest BCUT2D eigenvalue weighted by Gasteiger charge is 2.33. The number of aromatic nitrogens is 3. The highest BCUT2D eigenvalue weighted by atomic mass is 19.1. The molecule has 2 heterocycles. The number of hydrogen-bond acceptors (Lipinski definition) is 5. The van der Waals surface area contributed by atoms with Gasteiger partial charge in [-0.1, -0.05) is 6.07 Å². The van der Waals surface area contributed by atoms with Crippen LogP contribution in [0.3, 0.4) is 0 Å². The number of amides is 1. The van der Waals surface area contributed by atoms with E-state index in [-0.39, 0.29) is 23.6 Å². The van der Waals surface area contributed by atoms with E-state index < -0.39 is 0 Å². The molecule has 1 saturated heterocycles. The molecule has 1 aliphatic heterocycles. The van der Waals surface area contributed by atoms with E-state index in [2.05, 4.69) is 10.1 Å². The van der Waals surface area contributed by atoms with E-state index in [0.29, 0.717) is 29.6 Å². The van der Waals surface area contributed by atoms with Gasteiger partial charge in [0.2, 0.25) is 5.82 Å². The number of nitrogens with zero attached hydrogens (tertiary/aromatic N) is 4. The van der Waals surface area contributed by atoms with Crippen molar-refractivity contribution in [1.82, 2.24) is 19.7 Å². The predicted octanol–water partition coefficient (Wildman–Crippen LogP) is 3.71. The molecule has 1 aromatic heterocycles. The lowest BCUT2D eigenvalue weighted by molar-refractivity contribution is 0.0723. The Morgan fingerprint density at radius 1 is 1.10 bits per heavy atom. The van der Waals surface area contributed by atoms with Crippen LogP contribution in [0.15, 0.2) is 42.5 Å². The molecule has 3 aromatic rings. The Labute approximate surface area is 174 Å². The molecule has 30 heavy (non-hydrogen) atoms. The summed E-state index contributed by atoms with van der Waals surface area (Å²) in [5, 5.41) is 4.39. The molecular formula is C22H23FN4O3. The fourth-order valence-corrected chi connectivity index (χ4v) is 3.85. The van der Waals surface area contributed by atoms with Crippen LogP contribution in [0, 0.1) is 12.7 Å². The molecule has 156 valence electrons. The van der Waals surface area contributed by atoms with Gasteiger partial charge in [-0.15, -0.1) is 5.10 Å². The Balaban J connectivity index is 1.61. The zero-order valence-corrected chi connectivity index (χ0v) is 17.1. The van der Waals surface area contributed by atoms with E-state index in [9.17, 15) is 9.18 Å². The van der Waals surface area contributed by atoms with Crippen molar-refractivity contribution in [3.8, 4) is 17.2 Å². The Morgan fingerprint density at radius 2 is 1.83 bits per heavy atom. The van der Waals surface area contributed by atoms with Crippen LogP contribution in [0.1, 0.15) is 40.9 Å². The molecule has 0 spiro atoms. The van der Waals surface area contributed by atoms with Crippen LogP contribution < -0.4 is 9.47 Å². The smallest absolute Gasteiger partial charge is 0.294 e. The Morgan fingerprint density at radius 3 is 2.53 bits per heavy atom. The Kier molecular flexibility index (Phi) is 5.39. The largest absolute Gasteiger partial charge is 0.493 e. The summed E-state index contributed by atoms with van der Waals surface area (Å²) in [7, 11) is 3.18. The zero-order chi connectivity index (χ0) is 21.3. The first kappa shape index (κ1) is 19.9. The first-order chi connectivity index (χ1) is 14.5. The maximum atomic E-state index is 13.2. The lowest BCUT2D eigenvalue weighted by Crippen LogP contribution is -2.31. The van der Waals surface area contributed by atoms with Crippen LogP contribution in [0.2, 0.25) is 0 Å². The molecule has 1 aliphatic rings. The van der Waals surface area contributed by atoms with E-state index in [1.54, 1.807) is 42.9 Å². The van der Waals surface area contributed by atoms with Gasteiger partial charge in [0.1, 0.15) is 11.6 Å². The van der Waals surface area contributed by atoms with Gasteiger partial charge in [-0.05, 0) is 61.7 Å². The summed E-state index contributed by atoms with van der Waals surface area (Å²) in [6.45, 7) is 2.39. The summed E-state index contributed by atoms with van der Waals surface area (Å²) in [4.78, 5) is 19.4. The quantitative estimate of drug-likeness (QED) is 0.641. The third-order valence-corrected chi connectivity index (χ3v) is 5.34. The van der Waals surface area contributed by atoms with Crippen molar-refractivity contribution in [2.75, 3.05) is 20.8 Å². The normalized spacial score (nSPS) is 16.0. The second kappa shape index (κ2) is 8.14. The highest BCUT2D eigenvalue weighted by Crippen LogP contribution is 2.37. The van der Waals surface area contributed by atoms with Crippen molar-refractivity contribution in [1.29, 1.82) is 0 Å². The van der Waals surface area contributed by atoms with E-state index in [4.69, 9.17) is 9.47 Å². The first-order valence-electron chi connectivity index (χ1n) is 9.74. The third kappa shape index (κ3) is 3.60. The number of hydrogen-bond donors (Lipinski definition) is 0. The van der Waals surface area contributed by atoms with Gasteiger partial charge in [0.15, 0.2) is 11.5 Å². The molecular weight excluding hydrogens is 387 g/mol. The molecule has 8 heteroatoms. The van der Waals surface area contributed by atoms with Crippen molar-refractivity contribution < 1.29 is 18.7 Å². The fraction of sp³-hybridized carbons (Fsp3) is 0.318. The number of ether oxygens (including phenoxy) is 2. The topological polar surface area (TPSA) is 69.5 Å². The van der Waals surface area contributed by atoms with E-state index in [1.807, 2.05) is 18.2 Å². The zero-order valence-electron chi connectivity index (χ0n) is 17.1. The summed E-state index contributed by atoms with van der Waals surface area (Å²) < 4.78 is 25.5. The Hall–Kier alpha value is -3.42. The number of rotatable bonds is 5. The molecule has 1 atom stereocenters. The summed E-state index contributed by atoms with van der Waals surface area (Å²) in [6.07, 6.45) is 1.74. The molecule has 1 fully saturated rings. The minimum Gasteiger partial charge on any atom is -0.493 e. The van der Waals surface area contributed by atoms with Crippen LogP contribution in [0.4, 0.5) is 4.39 Å². The van der Waals surface area contributed by atoms with Crippen molar-refractivity contribution in [3.05, 3.63) is 65.5 Å². The molecule has 0 saturated carbocycles. The molecule has 0 bridgehead atoms. The Bertz CT molecular complexity index is 1060. The monoisotopic (exact) mass is 410 g/mol. The van der Waals surface area contributed by atoms with Crippen molar-refractivity contribution >= 4 is 5.91 Å². The van der Waals surface area contributed by atoms with Gasteiger partial charge in [-0.3, -0.25) is 4.79 Å². The van der Waals surface area contributed by atoms with Gasteiger partial charge in [-0.2, -0.15) is 0 Å². The van der Waals surface area contributed by atoms with Crippen LogP contribution in [0.5, 0.6) is 11.5 Å². The SMILES string of the molecule is COc1ccc([C@@H]2CCCN2C(=O)c2nc(C)n(-c3ccc(F)cc3)n2)cc1OC. The molecule has 2 aromatic carbocycles. The number of methoxy groups -OCH3 is 2. The summed E-state index contributed by atoms with van der Waals surface area (Å²) in [5.41, 5.74) is 1.63. The molecule has 7 nitrogen and oxygen atoms in total. The maximum Gasteiger partial charge on any atom is 0.294 e. The standard InChI is InChI=1S/C22H23FN4O3/c1-14-24-21(25-27(14)17-9-7-16(23)8-10-17)22(28)26-12-4-5-18(26)15-6-11-19(29-2)20(13-15)30-3/h6-11,13,18H,4-5,12H2,1-3H3/t18-/m0/s1. The minimum atomic E-state index is -0.331. The second-order valence-corrected chi connectivity index (χ2v) is 7.14. The molecule has 0 aliphatic carbocycles. The van der Waals surface area contributed by atoms with Gasteiger partial charge >= 0.3 is 0 Å². The van der Waals surface area contributed by atoms with E-state index >= 15 is 0 Å². The lowest BCUT2D eigenvalue weighted by Gasteiger charge is -2.24. The number of carbonyl (C=O) groups excluding carboxylic acids is 1. The van der Waals surface area contributed by atoms with Gasteiger partial charge in [0.05, 0.1) is 25.9 Å². The number of halogens is 1. The van der Waals surface area contributed by atoms with Gasteiger partial charge in [0.25, 0.3) is 5.91 Å². The third-order valence-electron chi connectivity index (χ3n) is 5.34. The summed E-state index contributed by atoms with van der Waals surface area (Å²) in [6, 6.07) is 11.5. The summed E-state index contributed by atoms with van der Waals surface area (Å²) >= 11 is 0. The predicted molar refractivity (Wildman–Crippen MR) is 109 cm³/mol.